The molecule has 1 N–H and O–H groups in total. The molecule has 0 saturated carbocycles. The van der Waals surface area contributed by atoms with Crippen LogP contribution in [0.2, 0.25) is 5.02 Å². The van der Waals surface area contributed by atoms with E-state index in [1.54, 1.807) is 4.90 Å². The number of halogens is 1. The first-order chi connectivity index (χ1) is 15.5. The third-order valence-corrected chi connectivity index (χ3v) is 6.81. The number of amides is 2. The number of carbonyl (C=O) groups is 2. The summed E-state index contributed by atoms with van der Waals surface area (Å²) in [5, 5.41) is 12.7. The summed E-state index contributed by atoms with van der Waals surface area (Å²) < 4.78 is 1.86. The van der Waals surface area contributed by atoms with Crippen LogP contribution in [-0.4, -0.2) is 33.1 Å². The highest BCUT2D eigenvalue weighted by Gasteiger charge is 2.35. The summed E-state index contributed by atoms with van der Waals surface area (Å²) in [5.74, 6) is 0.319. The van der Waals surface area contributed by atoms with Crippen LogP contribution in [0.1, 0.15) is 24.5 Å². The van der Waals surface area contributed by atoms with Gasteiger partial charge in [0.1, 0.15) is 0 Å². The van der Waals surface area contributed by atoms with E-state index in [2.05, 4.69) is 15.5 Å². The first-order valence-electron chi connectivity index (χ1n) is 10.4. The number of rotatable bonds is 7. The third-order valence-electron chi connectivity index (χ3n) is 5.42. The van der Waals surface area contributed by atoms with Crippen molar-refractivity contribution < 1.29 is 9.59 Å². The summed E-state index contributed by atoms with van der Waals surface area (Å²) in [7, 11) is 0. The molecule has 1 aliphatic heterocycles. The topological polar surface area (TPSA) is 80.1 Å². The van der Waals surface area contributed by atoms with Crippen molar-refractivity contribution in [2.45, 2.75) is 37.7 Å². The molecule has 9 heteroatoms. The fourth-order valence-electron chi connectivity index (χ4n) is 3.60. The van der Waals surface area contributed by atoms with E-state index in [1.165, 1.54) is 11.8 Å². The Morgan fingerprint density at radius 3 is 2.66 bits per heavy atom. The lowest BCUT2D eigenvalue weighted by Gasteiger charge is -2.17. The van der Waals surface area contributed by atoms with Crippen LogP contribution < -0.4 is 10.2 Å². The predicted molar refractivity (Wildman–Crippen MR) is 127 cm³/mol. The molecule has 0 spiro atoms. The van der Waals surface area contributed by atoms with Gasteiger partial charge in [-0.15, -0.1) is 10.2 Å². The first-order valence-corrected chi connectivity index (χ1v) is 11.8. The lowest BCUT2D eigenvalue weighted by atomic mass is 10.1. The van der Waals surface area contributed by atoms with Gasteiger partial charge in [-0.3, -0.25) is 19.5 Å². The molecule has 32 heavy (non-hydrogen) atoms. The molecular formula is C23H24ClN5O2S. The van der Waals surface area contributed by atoms with Gasteiger partial charge in [-0.2, -0.15) is 0 Å². The number of anilines is 2. The number of carbonyl (C=O) groups excluding carboxylic acids is 2. The van der Waals surface area contributed by atoms with Crippen LogP contribution in [-0.2, 0) is 21.9 Å². The van der Waals surface area contributed by atoms with Gasteiger partial charge < -0.3 is 4.90 Å². The number of thioether (sulfide) groups is 1. The molecule has 2 amide bonds. The Morgan fingerprint density at radius 2 is 1.94 bits per heavy atom. The number of aryl methyl sites for hydroxylation is 1. The summed E-state index contributed by atoms with van der Waals surface area (Å²) in [6, 6.07) is 15.4. The molecule has 2 aromatic carbocycles. The summed E-state index contributed by atoms with van der Waals surface area (Å²) in [5.41, 5.74) is 2.94. The van der Waals surface area contributed by atoms with E-state index in [4.69, 9.17) is 11.6 Å². The van der Waals surface area contributed by atoms with Gasteiger partial charge in [0.15, 0.2) is 5.16 Å². The Balaban J connectivity index is 1.41. The molecule has 1 atom stereocenters. The molecule has 1 aromatic heterocycles. The fourth-order valence-corrected chi connectivity index (χ4v) is 4.89. The Bertz CT molecular complexity index is 1130. The van der Waals surface area contributed by atoms with Crippen LogP contribution in [0, 0.1) is 12.8 Å². The number of hydrogen-bond acceptors (Lipinski definition) is 5. The lowest BCUT2D eigenvalue weighted by Crippen LogP contribution is -2.28. The van der Waals surface area contributed by atoms with Crippen molar-refractivity contribution in [1.82, 2.24) is 14.8 Å². The highest BCUT2D eigenvalue weighted by Crippen LogP contribution is 2.29. The zero-order valence-corrected chi connectivity index (χ0v) is 19.5. The zero-order valence-electron chi connectivity index (χ0n) is 17.9. The van der Waals surface area contributed by atoms with Crippen LogP contribution in [0.25, 0.3) is 0 Å². The standard InChI is InChI=1S/C23H24ClN5O2S/c1-3-28-22(26-27-23(28)32-14-16-6-4-5-7-19(16)24)25-21(31)17-12-20(30)29(13-17)18-10-8-15(2)9-11-18/h4-11,17H,3,12-14H2,1-2H3,(H,25,26,31). The van der Waals surface area contributed by atoms with Crippen molar-refractivity contribution in [3.63, 3.8) is 0 Å². The van der Waals surface area contributed by atoms with Crippen LogP contribution in [0.3, 0.4) is 0 Å². The molecule has 1 aliphatic rings. The van der Waals surface area contributed by atoms with Gasteiger partial charge in [0.2, 0.25) is 17.8 Å². The first kappa shape index (κ1) is 22.4. The molecule has 7 nitrogen and oxygen atoms in total. The van der Waals surface area contributed by atoms with Crippen molar-refractivity contribution in [2.75, 3.05) is 16.8 Å². The number of nitrogens with one attached hydrogen (secondary N) is 1. The van der Waals surface area contributed by atoms with Crippen molar-refractivity contribution >= 4 is 46.8 Å². The Labute approximate surface area is 196 Å². The molecule has 0 bridgehead atoms. The summed E-state index contributed by atoms with van der Waals surface area (Å²) in [4.78, 5) is 27.1. The van der Waals surface area contributed by atoms with E-state index in [-0.39, 0.29) is 18.2 Å². The molecule has 3 aromatic rings. The van der Waals surface area contributed by atoms with Gasteiger partial charge in [0.25, 0.3) is 0 Å². The quantitative estimate of drug-likeness (QED) is 0.514. The summed E-state index contributed by atoms with van der Waals surface area (Å²) in [6.45, 7) is 4.92. The second kappa shape index (κ2) is 9.75. The fraction of sp³-hybridized carbons (Fsp3) is 0.304. The van der Waals surface area contributed by atoms with Crippen molar-refractivity contribution in [2.24, 2.45) is 5.92 Å². The second-order valence-electron chi connectivity index (χ2n) is 7.66. The maximum absolute atomic E-state index is 12.9. The molecule has 0 radical (unpaired) electrons. The maximum Gasteiger partial charge on any atom is 0.232 e. The summed E-state index contributed by atoms with van der Waals surface area (Å²) in [6.07, 6.45) is 0.175. The average molecular weight is 470 g/mol. The monoisotopic (exact) mass is 469 g/mol. The van der Waals surface area contributed by atoms with E-state index in [9.17, 15) is 9.59 Å². The number of nitrogens with zero attached hydrogens (tertiary/aromatic N) is 4. The van der Waals surface area contributed by atoms with E-state index >= 15 is 0 Å². The van der Waals surface area contributed by atoms with Gasteiger partial charge in [-0.1, -0.05) is 59.3 Å². The normalized spacial score (nSPS) is 15.9. The largest absolute Gasteiger partial charge is 0.312 e. The molecular weight excluding hydrogens is 446 g/mol. The molecule has 1 fully saturated rings. The van der Waals surface area contributed by atoms with Crippen LogP contribution in [0.15, 0.2) is 53.7 Å². The smallest absolute Gasteiger partial charge is 0.232 e. The van der Waals surface area contributed by atoms with Gasteiger partial charge >= 0.3 is 0 Å². The number of aromatic nitrogens is 3. The minimum atomic E-state index is -0.440. The Kier molecular flexibility index (Phi) is 6.81. The van der Waals surface area contributed by atoms with Crippen LogP contribution >= 0.6 is 23.4 Å². The number of hydrogen-bond donors (Lipinski definition) is 1. The highest BCUT2D eigenvalue weighted by atomic mass is 35.5. The molecule has 2 heterocycles. The minimum Gasteiger partial charge on any atom is -0.312 e. The zero-order chi connectivity index (χ0) is 22.7. The molecule has 0 aliphatic carbocycles. The van der Waals surface area contributed by atoms with E-state index in [0.717, 1.165) is 16.8 Å². The van der Waals surface area contributed by atoms with E-state index in [0.29, 0.717) is 35.0 Å². The number of benzene rings is 2. The van der Waals surface area contributed by atoms with E-state index < -0.39 is 5.92 Å². The highest BCUT2D eigenvalue weighted by molar-refractivity contribution is 7.98. The Morgan fingerprint density at radius 1 is 1.19 bits per heavy atom. The molecule has 166 valence electrons. The van der Waals surface area contributed by atoms with Crippen molar-refractivity contribution in [3.05, 3.63) is 64.7 Å². The average Bonchev–Trinajstić information content (AvgIpc) is 3.36. The minimum absolute atomic E-state index is 0.0538. The van der Waals surface area contributed by atoms with Crippen LogP contribution in [0.4, 0.5) is 11.6 Å². The second-order valence-corrected chi connectivity index (χ2v) is 9.01. The van der Waals surface area contributed by atoms with Crippen LogP contribution in [0.5, 0.6) is 0 Å². The van der Waals surface area contributed by atoms with Gasteiger partial charge in [-0.25, -0.2) is 0 Å². The molecule has 4 rings (SSSR count). The lowest BCUT2D eigenvalue weighted by molar-refractivity contribution is -0.122. The van der Waals surface area contributed by atoms with Gasteiger partial charge in [0.05, 0.1) is 5.92 Å². The molecule has 1 saturated heterocycles. The van der Waals surface area contributed by atoms with Crippen molar-refractivity contribution in [3.8, 4) is 0 Å². The van der Waals surface area contributed by atoms with Gasteiger partial charge in [-0.05, 0) is 37.6 Å². The molecule has 1 unspecified atom stereocenters. The SMILES string of the molecule is CCn1c(NC(=O)C2CC(=O)N(c3ccc(C)cc3)C2)nnc1SCc1ccccc1Cl. The van der Waals surface area contributed by atoms with Gasteiger partial charge in [0, 0.05) is 36.0 Å². The Hall–Kier alpha value is -2.84. The predicted octanol–water partition coefficient (Wildman–Crippen LogP) is 4.54. The third kappa shape index (κ3) is 4.81. The van der Waals surface area contributed by atoms with Crippen molar-refractivity contribution in [1.29, 1.82) is 0 Å². The maximum atomic E-state index is 12.9. The van der Waals surface area contributed by atoms with E-state index in [1.807, 2.05) is 66.9 Å². The summed E-state index contributed by atoms with van der Waals surface area (Å²) >= 11 is 7.75.